The lowest BCUT2D eigenvalue weighted by atomic mass is 10.2. The molecule has 86 valence electrons. The van der Waals surface area contributed by atoms with Crippen molar-refractivity contribution in [2.24, 2.45) is 0 Å². The highest BCUT2D eigenvalue weighted by Crippen LogP contribution is 2.22. The van der Waals surface area contributed by atoms with Crippen molar-refractivity contribution in [3.8, 4) is 11.3 Å². The van der Waals surface area contributed by atoms with Crippen LogP contribution >= 0.6 is 11.8 Å². The lowest BCUT2D eigenvalue weighted by Crippen LogP contribution is -1.80. The summed E-state index contributed by atoms with van der Waals surface area (Å²) in [6, 6.07) is 12.4. The maximum Gasteiger partial charge on any atom is 0.134 e. The van der Waals surface area contributed by atoms with Crippen molar-refractivity contribution in [1.82, 2.24) is 14.6 Å². The van der Waals surface area contributed by atoms with Gasteiger partial charge in [-0.2, -0.15) is 5.10 Å². The molecule has 17 heavy (non-hydrogen) atoms. The molecule has 0 bridgehead atoms. The molecule has 0 atom stereocenters. The summed E-state index contributed by atoms with van der Waals surface area (Å²) in [4.78, 5) is 3.38. The van der Waals surface area contributed by atoms with Gasteiger partial charge in [0.05, 0.1) is 11.9 Å². The molecule has 4 heteroatoms. The zero-order valence-corrected chi connectivity index (χ0v) is 10.4. The van der Waals surface area contributed by atoms with Gasteiger partial charge in [0, 0.05) is 6.07 Å². The molecule has 0 aliphatic rings. The van der Waals surface area contributed by atoms with Crippen molar-refractivity contribution in [3.63, 3.8) is 0 Å². The monoisotopic (exact) mass is 243 g/mol. The number of thioether (sulfide) groups is 1. The zero-order chi connectivity index (χ0) is 11.7. The van der Waals surface area contributed by atoms with Gasteiger partial charge in [-0.25, -0.2) is 4.52 Å². The molecule has 3 nitrogen and oxygen atoms in total. The highest BCUT2D eigenvalue weighted by molar-refractivity contribution is 7.99. The summed E-state index contributed by atoms with van der Waals surface area (Å²) >= 11 is 1.76. The molecule has 3 rings (SSSR count). The first-order chi connectivity index (χ1) is 8.36. The molecule has 2 heterocycles. The average molecular weight is 243 g/mol. The fourth-order valence-electron chi connectivity index (χ4n) is 1.84. The van der Waals surface area contributed by atoms with Crippen LogP contribution in [0.25, 0.3) is 16.9 Å². The summed E-state index contributed by atoms with van der Waals surface area (Å²) in [6.45, 7) is 2.13. The van der Waals surface area contributed by atoms with E-state index in [4.69, 9.17) is 0 Å². The maximum atomic E-state index is 4.50. The molecule has 0 unspecified atom stereocenters. The lowest BCUT2D eigenvalue weighted by molar-refractivity contribution is 0.910. The number of imidazole rings is 1. The van der Waals surface area contributed by atoms with E-state index >= 15 is 0 Å². The number of rotatable bonds is 3. The van der Waals surface area contributed by atoms with Crippen molar-refractivity contribution in [2.75, 3.05) is 5.75 Å². The summed E-state index contributed by atoms with van der Waals surface area (Å²) in [7, 11) is 0. The van der Waals surface area contributed by atoms with Gasteiger partial charge < -0.3 is 4.98 Å². The first-order valence-electron chi connectivity index (χ1n) is 5.63. The lowest BCUT2D eigenvalue weighted by Gasteiger charge is -1.94. The highest BCUT2D eigenvalue weighted by Gasteiger charge is 2.06. The van der Waals surface area contributed by atoms with E-state index < -0.39 is 0 Å². The molecule has 1 N–H and O–H groups in total. The van der Waals surface area contributed by atoms with Crippen LogP contribution in [-0.4, -0.2) is 20.4 Å². The van der Waals surface area contributed by atoms with E-state index in [0.29, 0.717) is 0 Å². The second kappa shape index (κ2) is 4.30. The third kappa shape index (κ3) is 1.96. The Morgan fingerprint density at radius 1 is 1.29 bits per heavy atom. The van der Waals surface area contributed by atoms with Crippen LogP contribution in [0.1, 0.15) is 6.92 Å². The average Bonchev–Trinajstić information content (AvgIpc) is 2.88. The number of hydrogen-bond donors (Lipinski definition) is 1. The van der Waals surface area contributed by atoms with Crippen molar-refractivity contribution >= 4 is 17.4 Å². The number of hydrogen-bond acceptors (Lipinski definition) is 2. The Kier molecular flexibility index (Phi) is 2.65. The Balaban J connectivity index is 2.01. The molecule has 0 fully saturated rings. The maximum absolute atomic E-state index is 4.50. The van der Waals surface area contributed by atoms with Gasteiger partial charge in [0.2, 0.25) is 0 Å². The van der Waals surface area contributed by atoms with Gasteiger partial charge in [0.1, 0.15) is 10.7 Å². The van der Waals surface area contributed by atoms with E-state index in [1.165, 1.54) is 5.56 Å². The van der Waals surface area contributed by atoms with Gasteiger partial charge in [0.25, 0.3) is 0 Å². The second-order valence-electron chi connectivity index (χ2n) is 3.78. The van der Waals surface area contributed by atoms with Crippen molar-refractivity contribution in [2.45, 2.75) is 11.9 Å². The molecule has 0 aliphatic carbocycles. The molecule has 0 saturated heterocycles. The summed E-state index contributed by atoms with van der Waals surface area (Å²) < 4.78 is 1.90. The topological polar surface area (TPSA) is 33.1 Å². The Labute approximate surface area is 104 Å². The normalized spacial score (nSPS) is 11.1. The van der Waals surface area contributed by atoms with Crippen LogP contribution < -0.4 is 0 Å². The number of nitrogens with one attached hydrogen (secondary N) is 1. The quantitative estimate of drug-likeness (QED) is 0.715. The molecule has 0 amide bonds. The van der Waals surface area contributed by atoms with Gasteiger partial charge in [-0.1, -0.05) is 37.3 Å². The Morgan fingerprint density at radius 2 is 2.12 bits per heavy atom. The number of aromatic nitrogens is 3. The van der Waals surface area contributed by atoms with Crippen LogP contribution in [0.4, 0.5) is 0 Å². The standard InChI is InChI=1S/C13H13N3S/c1-2-17-13-8-12-14-11(9-16(12)15-13)10-6-4-3-5-7-10/h3-9,14H,2H2,1H3. The first kappa shape index (κ1) is 10.5. The van der Waals surface area contributed by atoms with Gasteiger partial charge in [-0.15, -0.1) is 11.8 Å². The highest BCUT2D eigenvalue weighted by atomic mass is 32.2. The van der Waals surface area contributed by atoms with Crippen molar-refractivity contribution in [3.05, 3.63) is 42.6 Å². The molecule has 2 aromatic heterocycles. The van der Waals surface area contributed by atoms with E-state index in [0.717, 1.165) is 22.1 Å². The number of H-pyrrole nitrogens is 1. The minimum Gasteiger partial charge on any atom is -0.338 e. The zero-order valence-electron chi connectivity index (χ0n) is 9.55. The second-order valence-corrected chi connectivity index (χ2v) is 5.06. The molecular formula is C13H13N3S. The van der Waals surface area contributed by atoms with Crippen LogP contribution in [0.5, 0.6) is 0 Å². The predicted octanol–water partition coefficient (Wildman–Crippen LogP) is 3.44. The minimum absolute atomic E-state index is 1.04. The molecule has 0 spiro atoms. The van der Waals surface area contributed by atoms with Gasteiger partial charge in [0.15, 0.2) is 0 Å². The summed E-state index contributed by atoms with van der Waals surface area (Å²) in [5, 5.41) is 5.56. The fourth-order valence-corrected chi connectivity index (χ4v) is 2.48. The third-order valence-corrected chi connectivity index (χ3v) is 3.39. The fraction of sp³-hybridized carbons (Fsp3) is 0.154. The van der Waals surface area contributed by atoms with E-state index in [2.05, 4.69) is 35.2 Å². The van der Waals surface area contributed by atoms with Crippen LogP contribution in [-0.2, 0) is 0 Å². The van der Waals surface area contributed by atoms with Crippen molar-refractivity contribution < 1.29 is 0 Å². The molecule has 0 saturated carbocycles. The minimum atomic E-state index is 1.04. The molecule has 1 aromatic carbocycles. The number of aromatic amines is 1. The summed E-state index contributed by atoms with van der Waals surface area (Å²) in [5.41, 5.74) is 3.32. The Hall–Kier alpha value is -1.68. The van der Waals surface area contributed by atoms with E-state index in [1.54, 1.807) is 11.8 Å². The van der Waals surface area contributed by atoms with Crippen LogP contribution in [0.3, 0.4) is 0 Å². The Bertz CT molecular complexity index is 593. The first-order valence-corrected chi connectivity index (χ1v) is 6.62. The van der Waals surface area contributed by atoms with Gasteiger partial charge in [-0.05, 0) is 11.3 Å². The van der Waals surface area contributed by atoms with Crippen LogP contribution in [0.15, 0.2) is 47.6 Å². The predicted molar refractivity (Wildman–Crippen MR) is 71.4 cm³/mol. The molecule has 0 radical (unpaired) electrons. The SMILES string of the molecule is CCSc1cc2[nH]c(-c3ccccc3)cn2n1. The Morgan fingerprint density at radius 3 is 2.82 bits per heavy atom. The van der Waals surface area contributed by atoms with Crippen molar-refractivity contribution in [1.29, 1.82) is 0 Å². The van der Waals surface area contributed by atoms with Crippen LogP contribution in [0.2, 0.25) is 0 Å². The summed E-state index contributed by atoms with van der Waals surface area (Å²) in [5.74, 6) is 1.05. The third-order valence-electron chi connectivity index (χ3n) is 2.60. The number of benzene rings is 1. The van der Waals surface area contributed by atoms with Gasteiger partial charge >= 0.3 is 0 Å². The summed E-state index contributed by atoms with van der Waals surface area (Å²) in [6.07, 6.45) is 2.03. The van der Waals surface area contributed by atoms with E-state index in [1.807, 2.05) is 28.9 Å². The molecule has 0 aliphatic heterocycles. The molecule has 3 aromatic rings. The largest absolute Gasteiger partial charge is 0.338 e. The van der Waals surface area contributed by atoms with E-state index in [-0.39, 0.29) is 0 Å². The number of nitrogens with zero attached hydrogens (tertiary/aromatic N) is 2. The molecular weight excluding hydrogens is 230 g/mol. The van der Waals surface area contributed by atoms with E-state index in [9.17, 15) is 0 Å². The van der Waals surface area contributed by atoms with Gasteiger partial charge in [-0.3, -0.25) is 0 Å². The smallest absolute Gasteiger partial charge is 0.134 e. The van der Waals surface area contributed by atoms with Crippen LogP contribution in [0, 0.1) is 0 Å². The number of fused-ring (bicyclic) bond motifs is 1.